The van der Waals surface area contributed by atoms with Gasteiger partial charge in [0, 0.05) is 24.5 Å². The molecule has 0 aliphatic carbocycles. The SMILES string of the molecule is Cc1cc(C#N)cc(NC(C(=O)O)c2cnn(C)c2)n1. The molecule has 1 atom stereocenters. The third-order valence-corrected chi connectivity index (χ3v) is 2.68. The lowest BCUT2D eigenvalue weighted by atomic mass is 10.1. The molecule has 7 heteroatoms. The van der Waals surface area contributed by atoms with Gasteiger partial charge in [-0.3, -0.25) is 4.68 Å². The Labute approximate surface area is 115 Å². The fourth-order valence-electron chi connectivity index (χ4n) is 1.83. The molecule has 7 nitrogen and oxygen atoms in total. The highest BCUT2D eigenvalue weighted by Crippen LogP contribution is 2.19. The minimum absolute atomic E-state index is 0.345. The number of aryl methyl sites for hydroxylation is 2. The molecule has 0 fully saturated rings. The Morgan fingerprint density at radius 1 is 1.55 bits per heavy atom. The zero-order valence-corrected chi connectivity index (χ0v) is 11.0. The Morgan fingerprint density at radius 3 is 2.85 bits per heavy atom. The van der Waals surface area contributed by atoms with Crippen molar-refractivity contribution in [2.75, 3.05) is 5.32 Å². The number of nitriles is 1. The summed E-state index contributed by atoms with van der Waals surface area (Å²) in [4.78, 5) is 15.5. The van der Waals surface area contributed by atoms with Gasteiger partial charge in [0.1, 0.15) is 5.82 Å². The molecule has 2 aromatic rings. The number of carboxylic acids is 1. The van der Waals surface area contributed by atoms with Crippen LogP contribution in [0.3, 0.4) is 0 Å². The maximum Gasteiger partial charge on any atom is 0.330 e. The smallest absolute Gasteiger partial charge is 0.330 e. The van der Waals surface area contributed by atoms with Gasteiger partial charge in [-0.05, 0) is 19.1 Å². The van der Waals surface area contributed by atoms with E-state index in [1.165, 1.54) is 16.9 Å². The van der Waals surface area contributed by atoms with Gasteiger partial charge in [-0.1, -0.05) is 0 Å². The number of pyridine rings is 1. The summed E-state index contributed by atoms with van der Waals surface area (Å²) in [5, 5.41) is 25.0. The first-order chi connectivity index (χ1) is 9.49. The van der Waals surface area contributed by atoms with Crippen molar-refractivity contribution in [1.29, 1.82) is 5.26 Å². The molecule has 0 spiro atoms. The number of hydrogen-bond donors (Lipinski definition) is 2. The van der Waals surface area contributed by atoms with Crippen LogP contribution < -0.4 is 5.32 Å². The molecule has 0 saturated heterocycles. The summed E-state index contributed by atoms with van der Waals surface area (Å²) >= 11 is 0. The van der Waals surface area contributed by atoms with Crippen molar-refractivity contribution in [3.8, 4) is 6.07 Å². The van der Waals surface area contributed by atoms with E-state index >= 15 is 0 Å². The van der Waals surface area contributed by atoms with Crippen molar-refractivity contribution in [2.24, 2.45) is 7.05 Å². The van der Waals surface area contributed by atoms with E-state index in [-0.39, 0.29) is 0 Å². The number of rotatable bonds is 4. The van der Waals surface area contributed by atoms with Gasteiger partial charge >= 0.3 is 5.97 Å². The summed E-state index contributed by atoms with van der Waals surface area (Å²) in [7, 11) is 1.71. The molecule has 2 heterocycles. The van der Waals surface area contributed by atoms with Gasteiger partial charge in [0.2, 0.25) is 0 Å². The Balaban J connectivity index is 2.32. The molecular formula is C13H13N5O2. The summed E-state index contributed by atoms with van der Waals surface area (Å²) in [6, 6.07) is 4.19. The number of hydrogen-bond acceptors (Lipinski definition) is 5. The first-order valence-corrected chi connectivity index (χ1v) is 5.86. The van der Waals surface area contributed by atoms with E-state index < -0.39 is 12.0 Å². The molecule has 1 unspecified atom stereocenters. The predicted molar refractivity (Wildman–Crippen MR) is 70.9 cm³/mol. The number of nitrogens with zero attached hydrogens (tertiary/aromatic N) is 4. The van der Waals surface area contributed by atoms with E-state index in [9.17, 15) is 9.90 Å². The standard InChI is InChI=1S/C13H13N5O2/c1-8-3-9(5-14)4-11(16-8)17-12(13(19)20)10-6-15-18(2)7-10/h3-4,6-7,12H,1-2H3,(H,16,17)(H,19,20). The largest absolute Gasteiger partial charge is 0.479 e. The number of aromatic nitrogens is 3. The van der Waals surface area contributed by atoms with Crippen LogP contribution in [-0.4, -0.2) is 25.8 Å². The molecule has 0 aliphatic heterocycles. The Hall–Kier alpha value is -2.88. The zero-order chi connectivity index (χ0) is 14.7. The third kappa shape index (κ3) is 2.92. The topological polar surface area (TPSA) is 104 Å². The lowest BCUT2D eigenvalue weighted by Crippen LogP contribution is -2.20. The van der Waals surface area contributed by atoms with Crippen LogP contribution in [-0.2, 0) is 11.8 Å². The lowest BCUT2D eigenvalue weighted by molar-refractivity contribution is -0.138. The van der Waals surface area contributed by atoms with Gasteiger partial charge in [-0.15, -0.1) is 0 Å². The molecule has 2 N–H and O–H groups in total. The van der Waals surface area contributed by atoms with Crippen molar-refractivity contribution in [3.63, 3.8) is 0 Å². The normalized spacial score (nSPS) is 11.7. The summed E-state index contributed by atoms with van der Waals surface area (Å²) in [6.45, 7) is 1.74. The molecule has 2 aromatic heterocycles. The van der Waals surface area contributed by atoms with Gasteiger partial charge < -0.3 is 10.4 Å². The second-order valence-corrected chi connectivity index (χ2v) is 4.36. The first kappa shape index (κ1) is 13.5. The number of carbonyl (C=O) groups is 1. The Morgan fingerprint density at radius 2 is 2.30 bits per heavy atom. The van der Waals surface area contributed by atoms with Gasteiger partial charge in [0.15, 0.2) is 6.04 Å². The number of nitrogens with one attached hydrogen (secondary N) is 1. The van der Waals surface area contributed by atoms with Crippen LogP contribution in [0.2, 0.25) is 0 Å². The van der Waals surface area contributed by atoms with Crippen molar-refractivity contribution < 1.29 is 9.90 Å². The van der Waals surface area contributed by atoms with E-state index in [1.807, 2.05) is 6.07 Å². The minimum atomic E-state index is -1.04. The summed E-state index contributed by atoms with van der Waals surface area (Å²) in [6.07, 6.45) is 3.10. The maximum atomic E-state index is 11.4. The molecule has 0 aromatic carbocycles. The lowest BCUT2D eigenvalue weighted by Gasteiger charge is -2.14. The fourth-order valence-corrected chi connectivity index (χ4v) is 1.83. The van der Waals surface area contributed by atoms with Crippen LogP contribution in [0.25, 0.3) is 0 Å². The maximum absolute atomic E-state index is 11.4. The van der Waals surface area contributed by atoms with Crippen LogP contribution in [0.5, 0.6) is 0 Å². The molecule has 102 valence electrons. The van der Waals surface area contributed by atoms with Crippen molar-refractivity contribution >= 4 is 11.8 Å². The second-order valence-electron chi connectivity index (χ2n) is 4.36. The summed E-state index contributed by atoms with van der Waals surface area (Å²) in [5.41, 5.74) is 1.58. The minimum Gasteiger partial charge on any atom is -0.479 e. The van der Waals surface area contributed by atoms with Crippen LogP contribution in [0, 0.1) is 18.3 Å². The highest BCUT2D eigenvalue weighted by Gasteiger charge is 2.21. The summed E-state index contributed by atoms with van der Waals surface area (Å²) in [5.74, 6) is -0.697. The Kier molecular flexibility index (Phi) is 3.66. The highest BCUT2D eigenvalue weighted by atomic mass is 16.4. The molecule has 0 amide bonds. The molecule has 0 bridgehead atoms. The Bertz CT molecular complexity index is 686. The molecular weight excluding hydrogens is 258 g/mol. The van der Waals surface area contributed by atoms with Crippen LogP contribution in [0.15, 0.2) is 24.5 Å². The first-order valence-electron chi connectivity index (χ1n) is 5.86. The molecule has 0 radical (unpaired) electrons. The summed E-state index contributed by atoms with van der Waals surface area (Å²) < 4.78 is 1.53. The number of aliphatic carboxylic acids is 1. The van der Waals surface area contributed by atoms with Crippen molar-refractivity contribution in [1.82, 2.24) is 14.8 Å². The van der Waals surface area contributed by atoms with Crippen LogP contribution in [0.4, 0.5) is 5.82 Å². The molecule has 20 heavy (non-hydrogen) atoms. The predicted octanol–water partition coefficient (Wildman–Crippen LogP) is 1.23. The van der Waals surface area contributed by atoms with E-state index in [0.717, 1.165) is 0 Å². The third-order valence-electron chi connectivity index (χ3n) is 2.68. The van der Waals surface area contributed by atoms with E-state index in [4.69, 9.17) is 5.26 Å². The molecule has 0 aliphatic rings. The highest BCUT2D eigenvalue weighted by molar-refractivity contribution is 5.78. The molecule has 2 rings (SSSR count). The number of carboxylic acid groups (broad SMARTS) is 1. The van der Waals surface area contributed by atoms with Crippen molar-refractivity contribution in [2.45, 2.75) is 13.0 Å². The van der Waals surface area contributed by atoms with E-state index in [1.54, 1.807) is 26.2 Å². The average molecular weight is 271 g/mol. The quantitative estimate of drug-likeness (QED) is 0.866. The van der Waals surface area contributed by atoms with Crippen molar-refractivity contribution in [3.05, 3.63) is 41.3 Å². The van der Waals surface area contributed by atoms with Gasteiger partial charge in [0.05, 0.1) is 17.8 Å². The van der Waals surface area contributed by atoms with E-state index in [2.05, 4.69) is 15.4 Å². The van der Waals surface area contributed by atoms with Crippen LogP contribution >= 0.6 is 0 Å². The number of anilines is 1. The second kappa shape index (κ2) is 5.40. The fraction of sp³-hybridized carbons (Fsp3) is 0.231. The zero-order valence-electron chi connectivity index (χ0n) is 11.0. The van der Waals surface area contributed by atoms with Gasteiger partial charge in [-0.2, -0.15) is 10.4 Å². The average Bonchev–Trinajstić information content (AvgIpc) is 2.81. The van der Waals surface area contributed by atoms with Gasteiger partial charge in [0.25, 0.3) is 0 Å². The molecule has 0 saturated carbocycles. The monoisotopic (exact) mass is 271 g/mol. The van der Waals surface area contributed by atoms with E-state index in [0.29, 0.717) is 22.6 Å². The van der Waals surface area contributed by atoms with Gasteiger partial charge in [-0.25, -0.2) is 9.78 Å². The van der Waals surface area contributed by atoms with Crippen LogP contribution in [0.1, 0.15) is 22.9 Å².